The first-order chi connectivity index (χ1) is 8.26. The van der Waals surface area contributed by atoms with Crippen molar-refractivity contribution in [1.82, 2.24) is 10.3 Å². The van der Waals surface area contributed by atoms with Gasteiger partial charge in [0.2, 0.25) is 0 Å². The Kier molecular flexibility index (Phi) is 4.12. The monoisotopic (exact) mass is 254 g/mol. The number of ether oxygens (including phenoxy) is 1. The molecular formula is C12H18N2O2S. The molecule has 0 atom stereocenters. The fourth-order valence-electron chi connectivity index (χ4n) is 1.69. The largest absolute Gasteiger partial charge is 0.462 e. The first-order valence-electron chi connectivity index (χ1n) is 6.07. The zero-order valence-corrected chi connectivity index (χ0v) is 11.1. The van der Waals surface area contributed by atoms with E-state index in [-0.39, 0.29) is 5.97 Å². The Balaban J connectivity index is 2.16. The van der Waals surface area contributed by atoms with Crippen LogP contribution in [0.4, 0.5) is 0 Å². The van der Waals surface area contributed by atoms with E-state index in [1.807, 2.05) is 14.0 Å². The number of nitrogens with one attached hydrogen (secondary N) is 1. The van der Waals surface area contributed by atoms with Gasteiger partial charge in [-0.2, -0.15) is 0 Å². The van der Waals surface area contributed by atoms with Gasteiger partial charge >= 0.3 is 5.97 Å². The number of aromatic nitrogens is 1. The van der Waals surface area contributed by atoms with Crippen molar-refractivity contribution in [2.75, 3.05) is 20.2 Å². The number of esters is 1. The minimum absolute atomic E-state index is 0.206. The molecule has 1 aliphatic carbocycles. The molecule has 1 aromatic rings. The quantitative estimate of drug-likeness (QED) is 0.788. The molecule has 94 valence electrons. The highest BCUT2D eigenvalue weighted by Crippen LogP contribution is 2.42. The number of hydrogen-bond donors (Lipinski definition) is 1. The van der Waals surface area contributed by atoms with Gasteiger partial charge < -0.3 is 10.1 Å². The maximum Gasteiger partial charge on any atom is 0.350 e. The molecule has 0 unspecified atom stereocenters. The number of nitrogens with zero attached hydrogens (tertiary/aromatic N) is 1. The fourth-order valence-corrected chi connectivity index (χ4v) is 2.74. The van der Waals surface area contributed by atoms with Gasteiger partial charge in [-0.1, -0.05) is 0 Å². The molecule has 1 saturated carbocycles. The summed E-state index contributed by atoms with van der Waals surface area (Å²) in [7, 11) is 1.92. The van der Waals surface area contributed by atoms with E-state index in [1.165, 1.54) is 11.3 Å². The standard InChI is InChI=1S/C12H18N2O2S/c1-3-16-12(15)11-10(8-4-5-8)14-9(17-11)6-7-13-2/h8,13H,3-7H2,1-2H3. The number of carbonyl (C=O) groups excluding carboxylic acids is 1. The molecular weight excluding hydrogens is 236 g/mol. The van der Waals surface area contributed by atoms with Gasteiger partial charge in [-0.3, -0.25) is 0 Å². The Morgan fingerprint density at radius 1 is 1.59 bits per heavy atom. The molecule has 1 fully saturated rings. The van der Waals surface area contributed by atoms with Crippen LogP contribution in [0.5, 0.6) is 0 Å². The van der Waals surface area contributed by atoms with Crippen molar-refractivity contribution in [2.45, 2.75) is 32.1 Å². The maximum absolute atomic E-state index is 11.8. The normalized spacial score (nSPS) is 14.9. The van der Waals surface area contributed by atoms with Gasteiger partial charge in [0, 0.05) is 18.9 Å². The summed E-state index contributed by atoms with van der Waals surface area (Å²) in [6, 6.07) is 0. The van der Waals surface area contributed by atoms with Crippen molar-refractivity contribution < 1.29 is 9.53 Å². The van der Waals surface area contributed by atoms with Crippen molar-refractivity contribution in [3.05, 3.63) is 15.6 Å². The predicted octanol–water partition coefficient (Wildman–Crippen LogP) is 1.96. The lowest BCUT2D eigenvalue weighted by atomic mass is 10.2. The molecule has 0 bridgehead atoms. The second-order valence-electron chi connectivity index (χ2n) is 4.17. The number of carbonyl (C=O) groups is 1. The van der Waals surface area contributed by atoms with Crippen molar-refractivity contribution in [2.24, 2.45) is 0 Å². The van der Waals surface area contributed by atoms with Crippen molar-refractivity contribution >= 4 is 17.3 Å². The van der Waals surface area contributed by atoms with Crippen molar-refractivity contribution in [3.63, 3.8) is 0 Å². The lowest BCUT2D eigenvalue weighted by molar-refractivity contribution is 0.0530. The molecule has 0 aliphatic heterocycles. The minimum atomic E-state index is -0.206. The van der Waals surface area contributed by atoms with Crippen LogP contribution in [0.2, 0.25) is 0 Å². The third-order valence-corrected chi connectivity index (χ3v) is 3.82. The summed E-state index contributed by atoms with van der Waals surface area (Å²) < 4.78 is 5.08. The average molecular weight is 254 g/mol. The highest BCUT2D eigenvalue weighted by Gasteiger charge is 2.32. The summed E-state index contributed by atoms with van der Waals surface area (Å²) in [5.41, 5.74) is 0.972. The molecule has 0 spiro atoms. The first kappa shape index (κ1) is 12.5. The smallest absolute Gasteiger partial charge is 0.350 e. The lowest BCUT2D eigenvalue weighted by Gasteiger charge is -1.99. The summed E-state index contributed by atoms with van der Waals surface area (Å²) in [4.78, 5) is 17.1. The van der Waals surface area contributed by atoms with E-state index < -0.39 is 0 Å². The highest BCUT2D eigenvalue weighted by atomic mass is 32.1. The van der Waals surface area contributed by atoms with Crippen molar-refractivity contribution in [1.29, 1.82) is 0 Å². The van der Waals surface area contributed by atoms with Crippen LogP contribution in [0, 0.1) is 0 Å². The first-order valence-corrected chi connectivity index (χ1v) is 6.89. The van der Waals surface area contributed by atoms with Gasteiger partial charge in [0.25, 0.3) is 0 Å². The van der Waals surface area contributed by atoms with Gasteiger partial charge in [0.15, 0.2) is 0 Å². The molecule has 0 amide bonds. The molecule has 1 aromatic heterocycles. The van der Waals surface area contributed by atoms with Gasteiger partial charge in [0.05, 0.1) is 17.3 Å². The van der Waals surface area contributed by atoms with Gasteiger partial charge in [-0.25, -0.2) is 9.78 Å². The molecule has 2 rings (SSSR count). The van der Waals surface area contributed by atoms with E-state index in [4.69, 9.17) is 4.74 Å². The molecule has 0 radical (unpaired) electrons. The summed E-state index contributed by atoms with van der Waals surface area (Å²) in [5.74, 6) is 0.289. The van der Waals surface area contributed by atoms with Crippen LogP contribution in [0.3, 0.4) is 0 Å². The third kappa shape index (κ3) is 3.04. The van der Waals surface area contributed by atoms with Crippen molar-refractivity contribution in [3.8, 4) is 0 Å². The molecule has 1 aliphatic rings. The van der Waals surface area contributed by atoms with E-state index in [0.29, 0.717) is 12.5 Å². The number of thiazole rings is 1. The van der Waals surface area contributed by atoms with E-state index in [9.17, 15) is 4.79 Å². The molecule has 4 nitrogen and oxygen atoms in total. The minimum Gasteiger partial charge on any atom is -0.462 e. The lowest BCUT2D eigenvalue weighted by Crippen LogP contribution is -2.10. The second-order valence-corrected chi connectivity index (χ2v) is 5.25. The Morgan fingerprint density at radius 2 is 2.35 bits per heavy atom. The van der Waals surface area contributed by atoms with Crippen LogP contribution in [-0.2, 0) is 11.2 Å². The second kappa shape index (κ2) is 5.60. The summed E-state index contributed by atoms with van der Waals surface area (Å²) in [5, 5.41) is 4.13. The molecule has 1 heterocycles. The topological polar surface area (TPSA) is 51.2 Å². The van der Waals surface area contributed by atoms with Crippen LogP contribution >= 0.6 is 11.3 Å². The summed E-state index contributed by atoms with van der Waals surface area (Å²) in [6.45, 7) is 3.14. The Morgan fingerprint density at radius 3 is 2.94 bits per heavy atom. The number of likely N-dealkylation sites (N-methyl/N-ethyl adjacent to an activating group) is 1. The number of hydrogen-bond acceptors (Lipinski definition) is 5. The molecule has 5 heteroatoms. The third-order valence-electron chi connectivity index (χ3n) is 2.71. The van der Waals surface area contributed by atoms with Crippen LogP contribution in [0.1, 0.15) is 46.1 Å². The van der Waals surface area contributed by atoms with Crippen LogP contribution in [0.15, 0.2) is 0 Å². The Hall–Kier alpha value is -0.940. The van der Waals surface area contributed by atoms with Crippen LogP contribution in [-0.4, -0.2) is 31.2 Å². The Bertz CT molecular complexity index is 399. The number of rotatable bonds is 6. The zero-order valence-electron chi connectivity index (χ0n) is 10.3. The molecule has 1 N–H and O–H groups in total. The van der Waals surface area contributed by atoms with E-state index in [2.05, 4.69) is 10.3 Å². The fraction of sp³-hybridized carbons (Fsp3) is 0.667. The predicted molar refractivity (Wildman–Crippen MR) is 67.7 cm³/mol. The molecule has 0 aromatic carbocycles. The summed E-state index contributed by atoms with van der Waals surface area (Å²) >= 11 is 1.49. The summed E-state index contributed by atoms with van der Waals surface area (Å²) in [6.07, 6.45) is 3.18. The zero-order chi connectivity index (χ0) is 12.3. The van der Waals surface area contributed by atoms with Crippen LogP contribution < -0.4 is 5.32 Å². The Labute approximate surface area is 105 Å². The average Bonchev–Trinajstić information content (AvgIpc) is 3.07. The van der Waals surface area contributed by atoms with E-state index in [1.54, 1.807) is 0 Å². The molecule has 0 saturated heterocycles. The highest BCUT2D eigenvalue weighted by molar-refractivity contribution is 7.13. The van der Waals surface area contributed by atoms with Gasteiger partial charge in [-0.05, 0) is 26.8 Å². The van der Waals surface area contributed by atoms with Crippen LogP contribution in [0.25, 0.3) is 0 Å². The van der Waals surface area contributed by atoms with E-state index >= 15 is 0 Å². The van der Waals surface area contributed by atoms with E-state index in [0.717, 1.165) is 41.4 Å². The molecule has 17 heavy (non-hydrogen) atoms. The maximum atomic E-state index is 11.8. The SMILES string of the molecule is CCOC(=O)c1sc(CCNC)nc1C1CC1. The van der Waals surface area contributed by atoms with Gasteiger partial charge in [0.1, 0.15) is 4.88 Å². The van der Waals surface area contributed by atoms with Gasteiger partial charge in [-0.15, -0.1) is 11.3 Å².